The number of ether oxygens (including phenoxy) is 5. The Morgan fingerprint density at radius 3 is 1.24 bits per heavy atom. The van der Waals surface area contributed by atoms with Crippen molar-refractivity contribution in [3.05, 3.63) is 222 Å². The standard InChI is InChI=1S/C36H53N5O6Si.C30H38N4O6.C24H36N4O2Si.C11H18N2O5.CH3F/c1-25(2)26(3)28-15-12-17-30-34(28)38-32(41(30)24-47-20-21-48(7,8)9)23-40-19-13-14-27(35(40)44)22-31(42)29(37-36(45)46-6)16-10-11-18-33(43)39(4)5;1-19(2)28(37)23-12-8-10-20-16-22(31-27(20)23)18-34-15-9-11-21(29(34)38)17-25(35)24(32-30(39)40-5)13-6-7-14-26(36)33(3)4;1-17(2)18(3)19-9-7-11-21-23(19)26-22(15-27-12-8-10-20(25)24(27)29)28(21)16-30-13-14-31(4,5)6;1-13(2)9(14)7-5-4-6-8(10(15)16)12-11(17)18-3;1-2/h11-15,17-19,25-26,29H,10,16,20-24H2,1-9H3,(H,37,45);7-12,14-15,19,24,28,37H,6,13,16-18H2,1-5H3,(H,32,39);7-12,17-18H,13-16,25H2,1-6H3;5,7-8H,4,6H2,1-3H3,(H,12,17)(H,15,16);1H3/b18-11+;14-7+;;7-5+;/t26?,29-;24-,28?;;8-;/m00.0./s1/i;;;;1D. The van der Waals surface area contributed by atoms with Crippen LogP contribution in [-0.2, 0) is 105 Å². The predicted molar refractivity (Wildman–Crippen MR) is 547 cm³/mol. The highest BCUT2D eigenvalue weighted by Crippen LogP contribution is 2.38. The largest absolute Gasteiger partial charge is 0.480 e. The van der Waals surface area contributed by atoms with Crippen LogP contribution < -0.4 is 38.4 Å². The number of hydrogen-bond acceptors (Lipinski definition) is 22. The first kappa shape index (κ1) is 115. The van der Waals surface area contributed by atoms with Gasteiger partial charge in [0.15, 0.2) is 11.6 Å². The maximum absolute atomic E-state index is 13.8. The number of carboxylic acid groups (broad SMARTS) is 1. The molecule has 8 aromatic rings. The van der Waals surface area contributed by atoms with Crippen LogP contribution in [0.5, 0.6) is 0 Å². The number of likely N-dealkylation sites (N-methyl/N-ethyl adjacent to an activating group) is 3. The normalized spacial score (nSPS) is 13.2. The number of alkyl carbamates (subject to hydrolysis) is 3. The number of ketones is 2. The number of aliphatic hydroxyl groups excluding tert-OH is 1. The zero-order chi connectivity index (χ0) is 105. The number of allylic oxidation sites excluding steroid dienone is 3. The van der Waals surface area contributed by atoms with Gasteiger partial charge in [-0.25, -0.2) is 29.1 Å². The van der Waals surface area contributed by atoms with Crippen LogP contribution in [0.3, 0.4) is 0 Å². The van der Waals surface area contributed by atoms with Crippen molar-refractivity contribution in [2.45, 2.75) is 234 Å². The summed E-state index contributed by atoms with van der Waals surface area (Å²) in [6, 6.07) is 27.7. The van der Waals surface area contributed by atoms with E-state index in [1.165, 1.54) is 57.3 Å². The molecule has 0 saturated carbocycles. The molecule has 6 heterocycles. The number of fused-ring (bicyclic) bond motifs is 3. The van der Waals surface area contributed by atoms with Crippen molar-refractivity contribution in [1.29, 1.82) is 0 Å². The first-order valence-corrected chi connectivity index (χ1v) is 54.0. The zero-order valence-corrected chi connectivity index (χ0v) is 87.2. The third-order valence-electron chi connectivity index (χ3n) is 23.4. The van der Waals surface area contributed by atoms with Crippen molar-refractivity contribution >= 4 is 109 Å². The average molecular weight is 1960 g/mol. The van der Waals surface area contributed by atoms with E-state index in [1.807, 2.05) is 48.7 Å². The Hall–Kier alpha value is -12.6. The molecule has 1 aliphatic rings. The number of nitrogens with zero attached hydrogens (tertiary/aromatic N) is 11. The topological polar surface area (TPSA) is 426 Å². The molecule has 1 aliphatic heterocycles. The quantitative estimate of drug-likeness (QED) is 0.00894. The molecule has 7 N–H and O–H groups in total. The summed E-state index contributed by atoms with van der Waals surface area (Å²) in [7, 11) is 9.94. The Labute approximate surface area is 819 Å². The van der Waals surface area contributed by atoms with Gasteiger partial charge in [-0.2, -0.15) is 0 Å². The predicted octanol–water partition coefficient (Wildman–Crippen LogP) is 14.4. The lowest BCUT2D eigenvalue weighted by atomic mass is 9.89. The van der Waals surface area contributed by atoms with Gasteiger partial charge < -0.3 is 93.1 Å². The Bertz CT molecular complexity index is 5780. The number of aliphatic carboxylic acids is 1. The molecule has 3 aromatic carbocycles. The molecule has 9 rings (SSSR count). The summed E-state index contributed by atoms with van der Waals surface area (Å²) in [5.41, 5.74) is 15.5. The first-order valence-electron chi connectivity index (χ1n) is 47.3. The van der Waals surface area contributed by atoms with Crippen LogP contribution in [0.2, 0.25) is 51.4 Å². The van der Waals surface area contributed by atoms with Crippen molar-refractivity contribution in [3.63, 3.8) is 0 Å². The highest BCUT2D eigenvalue weighted by Gasteiger charge is 2.30. The van der Waals surface area contributed by atoms with Crippen LogP contribution in [0.15, 0.2) is 165 Å². The molecule has 0 fully saturated rings. The second kappa shape index (κ2) is 57.1. The summed E-state index contributed by atoms with van der Waals surface area (Å²) in [4.78, 5) is 166. The van der Waals surface area contributed by atoms with E-state index in [2.05, 4.69) is 135 Å². The van der Waals surface area contributed by atoms with Gasteiger partial charge in [0.2, 0.25) is 17.7 Å². The maximum Gasteiger partial charge on any atom is 0.407 e. The van der Waals surface area contributed by atoms with Gasteiger partial charge in [0.05, 0.1) is 101 Å². The van der Waals surface area contributed by atoms with Crippen LogP contribution in [0.1, 0.15) is 158 Å². The molecule has 0 aliphatic carbocycles. The van der Waals surface area contributed by atoms with Crippen molar-refractivity contribution in [3.8, 4) is 0 Å². The number of rotatable bonds is 44. The number of methoxy groups -OCH3 is 3. The van der Waals surface area contributed by atoms with Gasteiger partial charge >= 0.3 is 24.2 Å². The van der Waals surface area contributed by atoms with Crippen LogP contribution >= 0.6 is 0 Å². The number of carbonyl (C=O) groups is 9. The van der Waals surface area contributed by atoms with Gasteiger partial charge in [-0.05, 0) is 152 Å². The molecule has 34 nitrogen and oxygen atoms in total. The fourth-order valence-electron chi connectivity index (χ4n) is 14.3. The fourth-order valence-corrected chi connectivity index (χ4v) is 15.8. The Kier molecular flexibility index (Phi) is 47.3. The fraction of sp³-hybridized carbons (Fsp3) is 0.500. The van der Waals surface area contributed by atoms with Crippen LogP contribution in [0.4, 0.5) is 30.1 Å². The average Bonchev–Trinajstić information content (AvgIpc) is 1.63. The molecule has 760 valence electrons. The van der Waals surface area contributed by atoms with Gasteiger partial charge in [0.25, 0.3) is 16.7 Å². The van der Waals surface area contributed by atoms with E-state index >= 15 is 0 Å². The van der Waals surface area contributed by atoms with E-state index in [0.29, 0.717) is 87.0 Å². The van der Waals surface area contributed by atoms with E-state index in [-0.39, 0.29) is 109 Å². The summed E-state index contributed by atoms with van der Waals surface area (Å²) < 4.78 is 50.3. The molecule has 139 heavy (non-hydrogen) atoms. The second-order valence-electron chi connectivity index (χ2n) is 38.2. The number of alkyl halides is 1. The molecule has 0 bridgehead atoms. The van der Waals surface area contributed by atoms with E-state index in [0.717, 1.165) is 81.8 Å². The molecule has 0 radical (unpaired) electrons. The Balaban J connectivity index is 0.000000341. The first-order chi connectivity index (χ1) is 66.0. The van der Waals surface area contributed by atoms with Crippen molar-refractivity contribution in [2.75, 3.05) is 89.7 Å². The number of carboxylic acids is 1. The third kappa shape index (κ3) is 37.3. The Morgan fingerprint density at radius 2 is 0.871 bits per heavy atom. The van der Waals surface area contributed by atoms with E-state index in [4.69, 9.17) is 41.4 Å². The number of imidazole rings is 2. The number of carbonyl (C=O) groups excluding carboxylic acids is 8. The van der Waals surface area contributed by atoms with Gasteiger partial charge in [-0.1, -0.05) is 167 Å². The maximum atomic E-state index is 13.8. The van der Waals surface area contributed by atoms with Crippen molar-refractivity contribution in [1.82, 2.24) is 63.5 Å². The number of benzene rings is 3. The van der Waals surface area contributed by atoms with Gasteiger partial charge in [-0.3, -0.25) is 47.7 Å². The Morgan fingerprint density at radius 1 is 0.511 bits per heavy atom. The van der Waals surface area contributed by atoms with Gasteiger partial charge in [0, 0.05) is 132 Å². The molecule has 0 saturated heterocycles. The number of aliphatic hydroxyl groups is 1. The highest BCUT2D eigenvalue weighted by molar-refractivity contribution is 6.76. The number of aromatic nitrogens is 7. The number of para-hydroxylation sites is 3. The monoisotopic (exact) mass is 1960 g/mol. The molecule has 3 unspecified atom stereocenters. The molecule has 6 atom stereocenters. The number of aliphatic imine (C=N–C) groups is 1. The van der Waals surface area contributed by atoms with Crippen molar-refractivity contribution < 1.29 is 82.8 Å². The number of nitrogens with one attached hydrogen (secondary N) is 3. The lowest BCUT2D eigenvalue weighted by Crippen LogP contribution is -2.42. The summed E-state index contributed by atoms with van der Waals surface area (Å²) in [5.74, 6) is 0.753. The molecular formula is C102H148FN15O19Si2. The van der Waals surface area contributed by atoms with E-state index < -0.39 is 71.8 Å². The number of halogens is 1. The smallest absolute Gasteiger partial charge is 0.407 e. The SMILES string of the molecule is CC(C)C(C)c1cccc2c1nc(Cn1cccc(N)c1=O)n2COCC[Si](C)(C)C.COC(=O)N[C@@H](CC/C=C/C(=O)N(C)C)C(=O)Cc1cccn(CC2=Nc3c(cccc3C(O)C(C)C)C2)c1=O.COC(=O)N[C@@H](CC/C=C/C(=O)N(C)C)C(=O)Cc1cccn(Cc2nc3c(C(C)C(C)C)cccc3n2COCC[Si](C)(C)C)c1=O.COC(=O)N[C@@H](CC/C=C/C(=O)N(C)C)C(=O)O.[2H]CF. The number of pyridine rings is 3. The molecule has 0 spiro atoms. The summed E-state index contributed by atoms with van der Waals surface area (Å²) in [6.07, 6.45) is 13.2. The summed E-state index contributed by atoms with van der Waals surface area (Å²) in [5, 5.41) is 26.8. The second-order valence-corrected chi connectivity index (χ2v) is 49.4. The van der Waals surface area contributed by atoms with Crippen molar-refractivity contribution in [2.24, 2.45) is 22.7 Å². The molecule has 37 heteroatoms. The minimum Gasteiger partial charge on any atom is -0.480 e. The van der Waals surface area contributed by atoms with Crippen LogP contribution in [-0.4, -0.2) is 235 Å². The number of hydrogen-bond donors (Lipinski definition) is 6. The lowest BCUT2D eigenvalue weighted by Gasteiger charge is -2.18. The van der Waals surface area contributed by atoms with Gasteiger partial charge in [0.1, 0.15) is 31.2 Å². The summed E-state index contributed by atoms with van der Waals surface area (Å²) >= 11 is 0. The van der Waals surface area contributed by atoms with Crippen LogP contribution in [0.25, 0.3) is 22.1 Å². The lowest BCUT2D eigenvalue weighted by molar-refractivity contribution is -0.139. The molecule has 5 aromatic heterocycles. The number of Topliss-reactive ketones (excluding diaryl/α,β-unsaturated/α-hetero) is 2. The number of nitrogens with two attached hydrogens (primary N) is 1. The number of anilines is 1. The minimum atomic E-state index is -1.28. The van der Waals surface area contributed by atoms with Crippen LogP contribution in [0, 0.1) is 17.8 Å². The number of amides is 6. The minimum absolute atomic E-state index is 0.0386. The zero-order valence-electron chi connectivity index (χ0n) is 86.2. The third-order valence-corrected chi connectivity index (χ3v) is 26.8. The highest BCUT2D eigenvalue weighted by atomic mass is 28.3. The van der Waals surface area contributed by atoms with E-state index in [1.54, 1.807) is 125 Å². The number of nitrogen functional groups attached to an aromatic ring is 1. The molecule has 6 amide bonds. The summed E-state index contributed by atoms with van der Waals surface area (Å²) in [6.45, 7) is 34.1. The van der Waals surface area contributed by atoms with E-state index in [9.17, 15) is 67.0 Å². The van der Waals surface area contributed by atoms with Gasteiger partial charge in [-0.15, -0.1) is 0 Å². The molecular weight excluding hydrogens is 1810 g/mol.